The Hall–Kier alpha value is -2.75. The van der Waals surface area contributed by atoms with Crippen LogP contribution in [0.15, 0.2) is 59.5 Å². The number of carbonyl (C=O) groups excluding carboxylic acids is 2. The molecule has 0 heterocycles. The molecule has 0 bridgehead atoms. The summed E-state index contributed by atoms with van der Waals surface area (Å²) in [4.78, 5) is 27.3. The van der Waals surface area contributed by atoms with Gasteiger partial charge >= 0.3 is 0 Å². The summed E-state index contributed by atoms with van der Waals surface area (Å²) in [7, 11) is -3.51. The minimum absolute atomic E-state index is 0.0412. The molecule has 0 saturated heterocycles. The first-order valence-electron chi connectivity index (χ1n) is 11.1. The molecule has 1 aliphatic rings. The zero-order valence-corrected chi connectivity index (χ0v) is 19.6. The zero-order chi connectivity index (χ0) is 23.8. The van der Waals surface area contributed by atoms with Crippen LogP contribution in [0.4, 0.5) is 0 Å². The van der Waals surface area contributed by atoms with Gasteiger partial charge in [0.1, 0.15) is 6.04 Å². The Balaban J connectivity index is 1.64. The molecule has 2 aromatic rings. The smallest absolute Gasteiger partial charge is 0.242 e. The van der Waals surface area contributed by atoms with Crippen LogP contribution in [-0.4, -0.2) is 55.5 Å². The number of benzene rings is 2. The number of nitrogens with zero attached hydrogens (tertiary/aromatic N) is 1. The van der Waals surface area contributed by atoms with Crippen LogP contribution in [0.25, 0.3) is 0 Å². The first-order valence-corrected chi connectivity index (χ1v) is 12.6. The van der Waals surface area contributed by atoms with Crippen LogP contribution in [0.5, 0.6) is 0 Å². The lowest BCUT2D eigenvalue weighted by Crippen LogP contribution is -2.48. The lowest BCUT2D eigenvalue weighted by molar-refractivity contribution is -0.140. The predicted molar refractivity (Wildman–Crippen MR) is 125 cm³/mol. The van der Waals surface area contributed by atoms with Crippen LogP contribution in [0.1, 0.15) is 37.3 Å². The van der Waals surface area contributed by atoms with Crippen molar-refractivity contribution < 1.29 is 23.1 Å². The number of aliphatic hydroxyl groups is 1. The number of amides is 2. The Morgan fingerprint density at radius 2 is 1.73 bits per heavy atom. The van der Waals surface area contributed by atoms with Crippen molar-refractivity contribution in [3.63, 3.8) is 0 Å². The topological polar surface area (TPSA) is 116 Å². The second kappa shape index (κ2) is 11.4. The monoisotopic (exact) mass is 473 g/mol. The Labute approximate surface area is 195 Å². The van der Waals surface area contributed by atoms with E-state index in [2.05, 4.69) is 10.0 Å². The van der Waals surface area contributed by atoms with Crippen molar-refractivity contribution in [1.82, 2.24) is 14.9 Å². The SMILES string of the molecule is C[C@H](C(=O)NCCO)N(Cc1ccccc1)C(=O)CCc1ccc(S(=O)(=O)NC2CC2)cc1. The molecule has 2 aromatic carbocycles. The molecule has 178 valence electrons. The average Bonchev–Trinajstić information content (AvgIpc) is 3.63. The number of aryl methyl sites for hydroxylation is 1. The number of hydrogen-bond acceptors (Lipinski definition) is 5. The molecule has 8 nitrogen and oxygen atoms in total. The highest BCUT2D eigenvalue weighted by Gasteiger charge is 2.28. The fraction of sp³-hybridized carbons (Fsp3) is 0.417. The Bertz CT molecular complexity index is 1040. The quantitative estimate of drug-likeness (QED) is 0.433. The van der Waals surface area contributed by atoms with Crippen LogP contribution in [0.2, 0.25) is 0 Å². The normalized spacial score (nSPS) is 14.5. The summed E-state index contributed by atoms with van der Waals surface area (Å²) in [6, 6.07) is 15.3. The number of hydrogen-bond donors (Lipinski definition) is 3. The van der Waals surface area contributed by atoms with Gasteiger partial charge in [-0.15, -0.1) is 0 Å². The summed E-state index contributed by atoms with van der Waals surface area (Å²) >= 11 is 0. The van der Waals surface area contributed by atoms with E-state index in [-0.39, 0.29) is 48.9 Å². The molecular weight excluding hydrogens is 442 g/mol. The van der Waals surface area contributed by atoms with Gasteiger partial charge in [0.25, 0.3) is 0 Å². The molecule has 0 spiro atoms. The van der Waals surface area contributed by atoms with Crippen molar-refractivity contribution in [3.8, 4) is 0 Å². The highest BCUT2D eigenvalue weighted by Crippen LogP contribution is 2.22. The Kier molecular flexibility index (Phi) is 8.60. The molecule has 33 heavy (non-hydrogen) atoms. The molecule has 3 N–H and O–H groups in total. The number of aliphatic hydroxyl groups excluding tert-OH is 1. The highest BCUT2D eigenvalue weighted by atomic mass is 32.2. The number of sulfonamides is 1. The van der Waals surface area contributed by atoms with Crippen molar-refractivity contribution in [2.24, 2.45) is 0 Å². The molecular formula is C24H31N3O5S. The first-order chi connectivity index (χ1) is 15.8. The third kappa shape index (κ3) is 7.38. The third-order valence-corrected chi connectivity index (χ3v) is 7.07. The fourth-order valence-corrected chi connectivity index (χ4v) is 4.71. The van der Waals surface area contributed by atoms with Gasteiger partial charge in [-0.05, 0) is 49.4 Å². The number of rotatable bonds is 12. The summed E-state index contributed by atoms with van der Waals surface area (Å²) in [6.45, 7) is 1.91. The maximum absolute atomic E-state index is 13.1. The van der Waals surface area contributed by atoms with Gasteiger partial charge in [-0.25, -0.2) is 13.1 Å². The van der Waals surface area contributed by atoms with Crippen LogP contribution in [-0.2, 0) is 32.6 Å². The second-order valence-corrected chi connectivity index (χ2v) is 9.95. The number of nitrogens with one attached hydrogen (secondary N) is 2. The van der Waals surface area contributed by atoms with Gasteiger partial charge in [-0.3, -0.25) is 9.59 Å². The van der Waals surface area contributed by atoms with Crippen molar-refractivity contribution in [2.75, 3.05) is 13.2 Å². The van der Waals surface area contributed by atoms with E-state index in [9.17, 15) is 18.0 Å². The molecule has 0 aromatic heterocycles. The molecule has 9 heteroatoms. The second-order valence-electron chi connectivity index (χ2n) is 8.24. The molecule has 2 amide bonds. The summed E-state index contributed by atoms with van der Waals surface area (Å²) in [6.07, 6.45) is 2.34. The van der Waals surface area contributed by atoms with E-state index in [0.717, 1.165) is 24.0 Å². The van der Waals surface area contributed by atoms with Gasteiger partial charge in [0.05, 0.1) is 11.5 Å². The lowest BCUT2D eigenvalue weighted by atomic mass is 10.1. The van der Waals surface area contributed by atoms with Gasteiger partial charge in [-0.1, -0.05) is 42.5 Å². The van der Waals surface area contributed by atoms with Crippen molar-refractivity contribution in [2.45, 2.75) is 56.1 Å². The van der Waals surface area contributed by atoms with Gasteiger partial charge < -0.3 is 15.3 Å². The van der Waals surface area contributed by atoms with Crippen LogP contribution >= 0.6 is 0 Å². The van der Waals surface area contributed by atoms with Crippen LogP contribution in [0.3, 0.4) is 0 Å². The highest BCUT2D eigenvalue weighted by molar-refractivity contribution is 7.89. The lowest BCUT2D eigenvalue weighted by Gasteiger charge is -2.29. The van der Waals surface area contributed by atoms with Gasteiger partial charge in [-0.2, -0.15) is 0 Å². The minimum atomic E-state index is -3.51. The van der Waals surface area contributed by atoms with Crippen molar-refractivity contribution in [1.29, 1.82) is 0 Å². The molecule has 3 rings (SSSR count). The van der Waals surface area contributed by atoms with Gasteiger partial charge in [0.15, 0.2) is 0 Å². The third-order valence-electron chi connectivity index (χ3n) is 5.53. The molecule has 1 fully saturated rings. The maximum atomic E-state index is 13.1. The van der Waals surface area contributed by atoms with E-state index < -0.39 is 16.1 Å². The van der Waals surface area contributed by atoms with Gasteiger partial charge in [0.2, 0.25) is 21.8 Å². The molecule has 1 saturated carbocycles. The molecule has 0 unspecified atom stereocenters. The first kappa shape index (κ1) is 24.9. The van der Waals surface area contributed by atoms with E-state index in [1.54, 1.807) is 31.2 Å². The summed E-state index contributed by atoms with van der Waals surface area (Å²) in [5.41, 5.74) is 1.75. The van der Waals surface area contributed by atoms with Gasteiger partial charge in [0, 0.05) is 25.6 Å². The molecule has 0 aliphatic heterocycles. The minimum Gasteiger partial charge on any atom is -0.395 e. The standard InChI is InChI=1S/C24H31N3O5S/c1-18(24(30)25-15-16-28)27(17-20-5-3-2-4-6-20)23(29)14-9-19-7-12-22(13-8-19)33(31,32)26-21-10-11-21/h2-8,12-13,18,21,26,28H,9-11,14-17H2,1H3,(H,25,30)/t18-/m1/s1. The van der Waals surface area contributed by atoms with Crippen molar-refractivity contribution in [3.05, 3.63) is 65.7 Å². The van der Waals surface area contributed by atoms with E-state index in [1.807, 2.05) is 30.3 Å². The average molecular weight is 474 g/mol. The largest absolute Gasteiger partial charge is 0.395 e. The molecule has 1 aliphatic carbocycles. The Morgan fingerprint density at radius 3 is 2.33 bits per heavy atom. The fourth-order valence-electron chi connectivity index (χ4n) is 3.41. The summed E-state index contributed by atoms with van der Waals surface area (Å²) < 4.78 is 27.3. The van der Waals surface area contributed by atoms with Crippen molar-refractivity contribution >= 4 is 21.8 Å². The molecule has 0 radical (unpaired) electrons. The van der Waals surface area contributed by atoms with E-state index in [0.29, 0.717) is 6.42 Å². The molecule has 1 atom stereocenters. The zero-order valence-electron chi connectivity index (χ0n) is 18.7. The predicted octanol–water partition coefficient (Wildman–Crippen LogP) is 1.59. The number of carbonyl (C=O) groups is 2. The van der Waals surface area contributed by atoms with Crippen LogP contribution < -0.4 is 10.0 Å². The van der Waals surface area contributed by atoms with Crippen LogP contribution in [0, 0.1) is 0 Å². The summed E-state index contributed by atoms with van der Waals surface area (Å²) in [5, 5.41) is 11.6. The van der Waals surface area contributed by atoms with E-state index >= 15 is 0 Å². The Morgan fingerprint density at radius 1 is 1.06 bits per heavy atom. The summed E-state index contributed by atoms with van der Waals surface area (Å²) in [5.74, 6) is -0.511. The maximum Gasteiger partial charge on any atom is 0.242 e. The van der Waals surface area contributed by atoms with E-state index in [4.69, 9.17) is 5.11 Å². The van der Waals surface area contributed by atoms with E-state index in [1.165, 1.54) is 4.90 Å².